The molecule has 33 heavy (non-hydrogen) atoms. The van der Waals surface area contributed by atoms with Crippen molar-refractivity contribution in [2.24, 2.45) is 12.8 Å². The highest BCUT2D eigenvalue weighted by atomic mass is 15.4. The van der Waals surface area contributed by atoms with Crippen LogP contribution in [0.4, 0.5) is 0 Å². The molecule has 166 valence electrons. The van der Waals surface area contributed by atoms with Crippen molar-refractivity contribution in [2.75, 3.05) is 19.6 Å². The number of benzene rings is 1. The molecular weight excluding hydrogens is 414 g/mol. The molecule has 0 spiro atoms. The van der Waals surface area contributed by atoms with Crippen molar-refractivity contribution in [3.63, 3.8) is 0 Å². The predicted molar refractivity (Wildman–Crippen MR) is 125 cm³/mol. The summed E-state index contributed by atoms with van der Waals surface area (Å²) in [5.41, 5.74) is 10.9. The van der Waals surface area contributed by atoms with Gasteiger partial charge < -0.3 is 5.73 Å². The minimum atomic E-state index is -0.206. The zero-order valence-electron chi connectivity index (χ0n) is 18.4. The van der Waals surface area contributed by atoms with Crippen LogP contribution in [0.3, 0.4) is 0 Å². The molecule has 0 unspecified atom stereocenters. The van der Waals surface area contributed by atoms with Gasteiger partial charge in [-0.2, -0.15) is 10.2 Å². The van der Waals surface area contributed by atoms with Gasteiger partial charge in [0.25, 0.3) is 0 Å². The molecule has 0 amide bonds. The Balaban J connectivity index is 1.31. The van der Waals surface area contributed by atoms with E-state index in [4.69, 9.17) is 15.8 Å². The summed E-state index contributed by atoms with van der Waals surface area (Å²) in [5.74, 6) is 0.794. The largest absolute Gasteiger partial charge is 0.328 e. The average Bonchev–Trinajstić information content (AvgIpc) is 3.56. The van der Waals surface area contributed by atoms with Crippen LogP contribution in [-0.2, 0) is 19.1 Å². The Hall–Kier alpha value is -3.82. The number of aromatic nitrogens is 7. The monoisotopic (exact) mass is 439 g/mol. The highest BCUT2D eigenvalue weighted by molar-refractivity contribution is 5.68. The summed E-state index contributed by atoms with van der Waals surface area (Å²) in [5, 5.41) is 9.00. The van der Waals surface area contributed by atoms with Crippen LogP contribution in [-0.4, -0.2) is 58.5 Å². The maximum absolute atomic E-state index is 6.25. The van der Waals surface area contributed by atoms with E-state index in [1.165, 1.54) is 5.56 Å². The van der Waals surface area contributed by atoms with E-state index in [-0.39, 0.29) is 5.54 Å². The fourth-order valence-corrected chi connectivity index (χ4v) is 4.63. The summed E-state index contributed by atoms with van der Waals surface area (Å²) in [6.45, 7) is 3.18. The van der Waals surface area contributed by atoms with Gasteiger partial charge >= 0.3 is 0 Å². The number of aryl methyl sites for hydroxylation is 1. The maximum Gasteiger partial charge on any atom is 0.149 e. The molecule has 1 aliphatic heterocycles. The third-order valence-corrected chi connectivity index (χ3v) is 6.38. The number of hydrogen-bond acceptors (Lipinski definition) is 6. The fraction of sp³-hybridized carbons (Fsp3) is 0.250. The number of imidazole rings is 1. The lowest BCUT2D eigenvalue weighted by atomic mass is 9.89. The smallest absolute Gasteiger partial charge is 0.149 e. The van der Waals surface area contributed by atoms with Crippen LogP contribution >= 0.6 is 0 Å². The molecule has 0 aliphatic carbocycles. The van der Waals surface area contributed by atoms with E-state index in [0.29, 0.717) is 6.54 Å². The average molecular weight is 440 g/mol. The molecule has 4 aromatic heterocycles. The second kappa shape index (κ2) is 7.65. The van der Waals surface area contributed by atoms with Crippen LogP contribution in [0, 0.1) is 0 Å². The fourth-order valence-electron chi connectivity index (χ4n) is 4.63. The second-order valence-electron chi connectivity index (χ2n) is 8.76. The molecule has 5 heterocycles. The molecule has 2 N–H and O–H groups in total. The van der Waals surface area contributed by atoms with E-state index >= 15 is 0 Å². The van der Waals surface area contributed by atoms with Gasteiger partial charge in [0, 0.05) is 69.6 Å². The lowest BCUT2D eigenvalue weighted by Gasteiger charge is -2.49. The molecule has 1 saturated heterocycles. The lowest BCUT2D eigenvalue weighted by Crippen LogP contribution is -2.65. The number of nitrogens with two attached hydrogens (primary N) is 1. The molecule has 1 fully saturated rings. The molecule has 0 saturated carbocycles. The Bertz CT molecular complexity index is 1410. The first kappa shape index (κ1) is 19.8. The highest BCUT2D eigenvalue weighted by Crippen LogP contribution is 2.31. The van der Waals surface area contributed by atoms with Gasteiger partial charge in [-0.05, 0) is 5.56 Å². The van der Waals surface area contributed by atoms with Gasteiger partial charge in [-0.1, -0.05) is 30.3 Å². The van der Waals surface area contributed by atoms with Crippen molar-refractivity contribution in [1.82, 2.24) is 38.8 Å². The van der Waals surface area contributed by atoms with Crippen LogP contribution in [0.2, 0.25) is 0 Å². The summed E-state index contributed by atoms with van der Waals surface area (Å²) < 4.78 is 5.77. The molecule has 0 bridgehead atoms. The summed E-state index contributed by atoms with van der Waals surface area (Å²) in [4.78, 5) is 11.8. The minimum Gasteiger partial charge on any atom is -0.328 e. The predicted octanol–water partition coefficient (Wildman–Crippen LogP) is 2.16. The van der Waals surface area contributed by atoms with E-state index in [1.54, 1.807) is 10.9 Å². The van der Waals surface area contributed by atoms with E-state index in [0.717, 1.165) is 47.9 Å². The SMILES string of the molecule is Cn1cc(-c2cc3nccn3c(-c3cnn(C4(CN)CN(Cc5ccccc5)C4)c3)n2)cn1. The first-order chi connectivity index (χ1) is 16.1. The first-order valence-electron chi connectivity index (χ1n) is 11.0. The van der Waals surface area contributed by atoms with Crippen molar-refractivity contribution in [3.8, 4) is 22.6 Å². The van der Waals surface area contributed by atoms with Crippen LogP contribution in [0.15, 0.2) is 73.6 Å². The Kier molecular flexibility index (Phi) is 4.60. The van der Waals surface area contributed by atoms with Crippen molar-refractivity contribution >= 4 is 5.65 Å². The topological polar surface area (TPSA) is 95.1 Å². The lowest BCUT2D eigenvalue weighted by molar-refractivity contribution is 0.00255. The number of nitrogens with zero attached hydrogens (tertiary/aromatic N) is 8. The van der Waals surface area contributed by atoms with E-state index < -0.39 is 0 Å². The van der Waals surface area contributed by atoms with Gasteiger partial charge in [-0.3, -0.25) is 18.7 Å². The molecule has 9 nitrogen and oxygen atoms in total. The zero-order valence-corrected chi connectivity index (χ0v) is 18.4. The molecule has 5 aromatic rings. The molecule has 6 rings (SSSR count). The number of rotatable bonds is 6. The number of likely N-dealkylation sites (tertiary alicyclic amines) is 1. The summed E-state index contributed by atoms with van der Waals surface area (Å²) >= 11 is 0. The van der Waals surface area contributed by atoms with Gasteiger partial charge in [-0.15, -0.1) is 0 Å². The summed E-state index contributed by atoms with van der Waals surface area (Å²) in [6.07, 6.45) is 11.4. The second-order valence-corrected chi connectivity index (χ2v) is 8.76. The van der Waals surface area contributed by atoms with Crippen molar-refractivity contribution in [1.29, 1.82) is 0 Å². The Labute approximate surface area is 191 Å². The van der Waals surface area contributed by atoms with Gasteiger partial charge in [0.05, 0.1) is 23.7 Å². The molecule has 1 aromatic carbocycles. The number of hydrogen-bond donors (Lipinski definition) is 1. The standard InChI is InChI=1S/C24H25N9/c1-30-13-19(10-27-30)21-9-22-26-7-8-32(22)23(29-21)20-11-28-33(14-20)24(15-25)16-31(17-24)12-18-5-3-2-4-6-18/h2-11,13-14H,12,15-17,25H2,1H3. The van der Waals surface area contributed by atoms with Crippen molar-refractivity contribution < 1.29 is 0 Å². The van der Waals surface area contributed by atoms with Crippen LogP contribution in [0.1, 0.15) is 5.56 Å². The third-order valence-electron chi connectivity index (χ3n) is 6.38. The van der Waals surface area contributed by atoms with Gasteiger partial charge in [0.15, 0.2) is 0 Å². The van der Waals surface area contributed by atoms with Gasteiger partial charge in [0.2, 0.25) is 0 Å². The molecule has 0 radical (unpaired) electrons. The zero-order chi connectivity index (χ0) is 22.4. The van der Waals surface area contributed by atoms with Crippen LogP contribution in [0.25, 0.3) is 28.3 Å². The van der Waals surface area contributed by atoms with Crippen LogP contribution < -0.4 is 5.73 Å². The molecule has 0 atom stereocenters. The van der Waals surface area contributed by atoms with Crippen LogP contribution in [0.5, 0.6) is 0 Å². The van der Waals surface area contributed by atoms with Crippen molar-refractivity contribution in [3.05, 3.63) is 79.1 Å². The van der Waals surface area contributed by atoms with E-state index in [2.05, 4.69) is 45.4 Å². The van der Waals surface area contributed by atoms with Crippen molar-refractivity contribution in [2.45, 2.75) is 12.1 Å². The van der Waals surface area contributed by atoms with E-state index in [9.17, 15) is 0 Å². The molecule has 1 aliphatic rings. The molecular formula is C24H25N9. The van der Waals surface area contributed by atoms with Gasteiger partial charge in [0.1, 0.15) is 17.0 Å². The quantitative estimate of drug-likeness (QED) is 0.436. The highest BCUT2D eigenvalue weighted by Gasteiger charge is 2.44. The Morgan fingerprint density at radius 1 is 1.03 bits per heavy atom. The summed E-state index contributed by atoms with van der Waals surface area (Å²) in [6, 6.07) is 12.5. The third kappa shape index (κ3) is 3.42. The maximum atomic E-state index is 6.25. The normalized spacial score (nSPS) is 15.7. The molecule has 9 heteroatoms. The Morgan fingerprint density at radius 2 is 1.85 bits per heavy atom. The Morgan fingerprint density at radius 3 is 2.61 bits per heavy atom. The number of fused-ring (bicyclic) bond motifs is 1. The van der Waals surface area contributed by atoms with Gasteiger partial charge in [-0.25, -0.2) is 9.97 Å². The minimum absolute atomic E-state index is 0.206. The summed E-state index contributed by atoms with van der Waals surface area (Å²) in [7, 11) is 1.90. The first-order valence-corrected chi connectivity index (χ1v) is 11.0. The van der Waals surface area contributed by atoms with E-state index in [1.807, 2.05) is 53.1 Å².